The zero-order valence-corrected chi connectivity index (χ0v) is 9.74. The zero-order valence-electron chi connectivity index (χ0n) is 9.74. The summed E-state index contributed by atoms with van der Waals surface area (Å²) in [6.45, 7) is 4.45. The lowest BCUT2D eigenvalue weighted by atomic mass is 9.71. The molecule has 2 rings (SSSR count). The molecule has 3 heteroatoms. The zero-order chi connectivity index (χ0) is 10.7. The van der Waals surface area contributed by atoms with Crippen molar-refractivity contribution in [3.63, 3.8) is 0 Å². The summed E-state index contributed by atoms with van der Waals surface area (Å²) in [7, 11) is 2.08. The quantitative estimate of drug-likeness (QED) is 0.795. The molecule has 1 aliphatic carbocycles. The van der Waals surface area contributed by atoms with E-state index in [0.29, 0.717) is 0 Å². The van der Waals surface area contributed by atoms with E-state index in [1.54, 1.807) is 0 Å². The highest BCUT2D eigenvalue weighted by molar-refractivity contribution is 4.96. The molecular formula is C12H21N3. The van der Waals surface area contributed by atoms with E-state index < -0.39 is 0 Å². The third kappa shape index (κ3) is 2.40. The molecule has 0 bridgehead atoms. The van der Waals surface area contributed by atoms with Gasteiger partial charge in [-0.3, -0.25) is 0 Å². The van der Waals surface area contributed by atoms with Crippen LogP contribution in [0.1, 0.15) is 25.6 Å². The van der Waals surface area contributed by atoms with E-state index in [9.17, 15) is 0 Å². The highest BCUT2D eigenvalue weighted by Gasteiger charge is 2.30. The fourth-order valence-electron chi connectivity index (χ4n) is 2.33. The molecule has 1 heterocycles. The molecule has 1 N–H and O–H groups in total. The van der Waals surface area contributed by atoms with Gasteiger partial charge in [-0.05, 0) is 37.8 Å². The van der Waals surface area contributed by atoms with Gasteiger partial charge in [-0.2, -0.15) is 0 Å². The summed E-state index contributed by atoms with van der Waals surface area (Å²) in [4.78, 5) is 4.39. The number of hydrogen-bond donors (Lipinski definition) is 1. The maximum absolute atomic E-state index is 4.39. The van der Waals surface area contributed by atoms with E-state index >= 15 is 0 Å². The minimum Gasteiger partial charge on any atom is -0.338 e. The van der Waals surface area contributed by atoms with Crippen LogP contribution < -0.4 is 5.32 Å². The molecular weight excluding hydrogens is 186 g/mol. The van der Waals surface area contributed by atoms with Crippen molar-refractivity contribution in [3.05, 3.63) is 18.2 Å². The smallest absolute Gasteiger partial charge is 0.108 e. The van der Waals surface area contributed by atoms with E-state index in [1.807, 2.05) is 12.4 Å². The molecule has 0 aromatic carbocycles. The average molecular weight is 207 g/mol. The van der Waals surface area contributed by atoms with E-state index in [2.05, 4.69) is 28.8 Å². The Morgan fingerprint density at radius 2 is 2.27 bits per heavy atom. The summed E-state index contributed by atoms with van der Waals surface area (Å²) in [5.74, 6) is 2.97. The number of nitrogens with one attached hydrogen (secondary N) is 1. The third-order valence-corrected chi connectivity index (χ3v) is 3.60. The Hall–Kier alpha value is -0.830. The summed E-state index contributed by atoms with van der Waals surface area (Å²) < 4.78 is 2.14. The molecule has 1 aliphatic rings. The SMILES string of the molecule is CCNCC1CCC1Cc1nccn1C. The van der Waals surface area contributed by atoms with Crippen LogP contribution in [0.2, 0.25) is 0 Å². The highest BCUT2D eigenvalue weighted by atomic mass is 15.0. The van der Waals surface area contributed by atoms with Crippen LogP contribution in [-0.2, 0) is 13.5 Å². The van der Waals surface area contributed by atoms with Gasteiger partial charge >= 0.3 is 0 Å². The minimum absolute atomic E-state index is 0.852. The molecule has 1 saturated carbocycles. The molecule has 2 unspecified atom stereocenters. The van der Waals surface area contributed by atoms with Crippen molar-refractivity contribution in [1.29, 1.82) is 0 Å². The number of nitrogens with zero attached hydrogens (tertiary/aromatic N) is 2. The molecule has 3 nitrogen and oxygen atoms in total. The predicted octanol–water partition coefficient (Wildman–Crippen LogP) is 1.60. The standard InChI is InChI=1S/C12H21N3/c1-3-13-9-11-5-4-10(11)8-12-14-6-7-15(12)2/h6-7,10-11,13H,3-5,8-9H2,1-2H3. The molecule has 1 fully saturated rings. The van der Waals surface area contributed by atoms with Gasteiger partial charge in [-0.25, -0.2) is 4.98 Å². The lowest BCUT2D eigenvalue weighted by Gasteiger charge is -2.36. The number of rotatable bonds is 5. The van der Waals surface area contributed by atoms with Crippen molar-refractivity contribution < 1.29 is 0 Å². The highest BCUT2D eigenvalue weighted by Crippen LogP contribution is 2.35. The van der Waals surface area contributed by atoms with Gasteiger partial charge in [0.15, 0.2) is 0 Å². The van der Waals surface area contributed by atoms with Crippen LogP contribution in [0.15, 0.2) is 12.4 Å². The van der Waals surface area contributed by atoms with Crippen LogP contribution in [0.4, 0.5) is 0 Å². The van der Waals surface area contributed by atoms with Crippen molar-refractivity contribution >= 4 is 0 Å². The molecule has 0 spiro atoms. The fourth-order valence-corrected chi connectivity index (χ4v) is 2.33. The van der Waals surface area contributed by atoms with Crippen LogP contribution in [-0.4, -0.2) is 22.6 Å². The molecule has 0 aliphatic heterocycles. The molecule has 0 radical (unpaired) electrons. The Bertz CT molecular complexity index is 306. The van der Waals surface area contributed by atoms with Crippen LogP contribution in [0.5, 0.6) is 0 Å². The minimum atomic E-state index is 0.852. The maximum Gasteiger partial charge on any atom is 0.108 e. The van der Waals surface area contributed by atoms with Gasteiger partial charge in [0, 0.05) is 25.9 Å². The topological polar surface area (TPSA) is 29.9 Å². The Balaban J connectivity index is 1.83. The van der Waals surface area contributed by atoms with Crippen molar-refractivity contribution in [2.75, 3.05) is 13.1 Å². The first-order valence-corrected chi connectivity index (χ1v) is 5.98. The summed E-state index contributed by atoms with van der Waals surface area (Å²) in [5.41, 5.74) is 0. The van der Waals surface area contributed by atoms with E-state index in [0.717, 1.165) is 24.8 Å². The van der Waals surface area contributed by atoms with E-state index in [-0.39, 0.29) is 0 Å². The Morgan fingerprint density at radius 3 is 2.80 bits per heavy atom. The molecule has 0 saturated heterocycles. The summed E-state index contributed by atoms with van der Waals surface area (Å²) in [6, 6.07) is 0. The Labute approximate surface area is 91.9 Å². The van der Waals surface area contributed by atoms with Gasteiger partial charge in [-0.1, -0.05) is 6.92 Å². The van der Waals surface area contributed by atoms with Gasteiger partial charge < -0.3 is 9.88 Å². The second-order valence-corrected chi connectivity index (χ2v) is 4.56. The second kappa shape index (κ2) is 4.79. The van der Waals surface area contributed by atoms with E-state index in [4.69, 9.17) is 0 Å². The second-order valence-electron chi connectivity index (χ2n) is 4.56. The molecule has 84 valence electrons. The first-order chi connectivity index (χ1) is 7.31. The first kappa shape index (κ1) is 10.7. The van der Waals surface area contributed by atoms with Gasteiger partial charge in [0.05, 0.1) is 0 Å². The molecule has 1 aromatic heterocycles. The summed E-state index contributed by atoms with van der Waals surface area (Å²) in [6.07, 6.45) is 7.85. The van der Waals surface area contributed by atoms with Gasteiger partial charge in [-0.15, -0.1) is 0 Å². The number of aryl methyl sites for hydroxylation is 1. The van der Waals surface area contributed by atoms with Crippen molar-refractivity contribution in [2.24, 2.45) is 18.9 Å². The largest absolute Gasteiger partial charge is 0.338 e. The lowest BCUT2D eigenvalue weighted by Crippen LogP contribution is -2.36. The first-order valence-electron chi connectivity index (χ1n) is 5.98. The Kier molecular flexibility index (Phi) is 3.41. The molecule has 1 aromatic rings. The maximum atomic E-state index is 4.39. The third-order valence-electron chi connectivity index (χ3n) is 3.60. The molecule has 15 heavy (non-hydrogen) atoms. The van der Waals surface area contributed by atoms with Crippen LogP contribution in [0, 0.1) is 11.8 Å². The number of aromatic nitrogens is 2. The number of imidazole rings is 1. The lowest BCUT2D eigenvalue weighted by molar-refractivity contribution is 0.168. The average Bonchev–Trinajstić information content (AvgIpc) is 2.59. The van der Waals surface area contributed by atoms with Crippen LogP contribution in [0.25, 0.3) is 0 Å². The van der Waals surface area contributed by atoms with Crippen molar-refractivity contribution in [2.45, 2.75) is 26.2 Å². The Morgan fingerprint density at radius 1 is 1.47 bits per heavy atom. The fraction of sp³-hybridized carbons (Fsp3) is 0.750. The van der Waals surface area contributed by atoms with Crippen molar-refractivity contribution in [1.82, 2.24) is 14.9 Å². The summed E-state index contributed by atoms with van der Waals surface area (Å²) in [5, 5.41) is 3.45. The van der Waals surface area contributed by atoms with E-state index in [1.165, 1.54) is 25.2 Å². The normalized spacial score (nSPS) is 25.2. The van der Waals surface area contributed by atoms with Crippen LogP contribution in [0.3, 0.4) is 0 Å². The van der Waals surface area contributed by atoms with Crippen LogP contribution >= 0.6 is 0 Å². The molecule has 0 amide bonds. The number of hydrogen-bond acceptors (Lipinski definition) is 2. The summed E-state index contributed by atoms with van der Waals surface area (Å²) >= 11 is 0. The van der Waals surface area contributed by atoms with Crippen molar-refractivity contribution in [3.8, 4) is 0 Å². The monoisotopic (exact) mass is 207 g/mol. The molecule has 2 atom stereocenters. The predicted molar refractivity (Wildman–Crippen MR) is 61.7 cm³/mol. The van der Waals surface area contributed by atoms with Gasteiger partial charge in [0.2, 0.25) is 0 Å². The van der Waals surface area contributed by atoms with Gasteiger partial charge in [0.1, 0.15) is 5.82 Å². The van der Waals surface area contributed by atoms with Gasteiger partial charge in [0.25, 0.3) is 0 Å².